The van der Waals surface area contributed by atoms with Crippen LogP contribution in [-0.2, 0) is 11.2 Å². The quantitative estimate of drug-likeness (QED) is 0.364. The molecule has 1 saturated carbocycles. The molecule has 0 bridgehead atoms. The van der Waals surface area contributed by atoms with Crippen LogP contribution in [0.15, 0.2) is 54.6 Å². The number of aromatic nitrogens is 2. The molecule has 0 radical (unpaired) electrons. The van der Waals surface area contributed by atoms with E-state index in [0.29, 0.717) is 6.42 Å². The van der Waals surface area contributed by atoms with E-state index in [1.165, 1.54) is 0 Å². The molecular weight excluding hydrogens is 476 g/mol. The molecular formula is C28H34N2O7. The van der Waals surface area contributed by atoms with Crippen LogP contribution in [0.25, 0.3) is 11.3 Å². The zero-order chi connectivity index (χ0) is 25.9. The second-order valence-electron chi connectivity index (χ2n) is 9.72. The zero-order valence-corrected chi connectivity index (χ0v) is 20.8. The van der Waals surface area contributed by atoms with E-state index in [9.17, 15) is 20.4 Å². The predicted molar refractivity (Wildman–Crippen MR) is 135 cm³/mol. The van der Waals surface area contributed by atoms with E-state index in [1.807, 2.05) is 59.3 Å². The van der Waals surface area contributed by atoms with Gasteiger partial charge in [-0.2, -0.15) is 0 Å². The molecule has 4 N–H and O–H groups in total. The van der Waals surface area contributed by atoms with Crippen LogP contribution in [-0.4, -0.2) is 74.6 Å². The second-order valence-corrected chi connectivity index (χ2v) is 9.72. The fraction of sp³-hybridized carbons (Fsp3) is 0.464. The lowest BCUT2D eigenvalue weighted by atomic mass is 9.99. The van der Waals surface area contributed by atoms with Gasteiger partial charge in [-0.1, -0.05) is 55.3 Å². The summed E-state index contributed by atoms with van der Waals surface area (Å²) in [6.07, 6.45) is -2.17. The first-order valence-corrected chi connectivity index (χ1v) is 12.8. The van der Waals surface area contributed by atoms with Gasteiger partial charge in [-0.05, 0) is 30.5 Å². The van der Waals surface area contributed by atoms with Gasteiger partial charge in [0.15, 0.2) is 0 Å². The minimum absolute atomic E-state index is 0.206. The van der Waals surface area contributed by atoms with E-state index in [0.717, 1.165) is 53.8 Å². The maximum absolute atomic E-state index is 10.6. The summed E-state index contributed by atoms with van der Waals surface area (Å²) in [5.74, 6) is 1.04. The number of ether oxygens (including phenoxy) is 3. The third-order valence-electron chi connectivity index (χ3n) is 7.31. The van der Waals surface area contributed by atoms with Gasteiger partial charge < -0.3 is 34.6 Å². The number of nitrogens with zero attached hydrogens (tertiary/aromatic N) is 2. The van der Waals surface area contributed by atoms with Gasteiger partial charge in [-0.3, -0.25) is 4.68 Å². The Morgan fingerprint density at radius 2 is 1.65 bits per heavy atom. The monoisotopic (exact) mass is 510 g/mol. The third kappa shape index (κ3) is 5.23. The molecule has 5 atom stereocenters. The average Bonchev–Trinajstić information content (AvgIpc) is 3.58. The van der Waals surface area contributed by atoms with Gasteiger partial charge in [-0.25, -0.2) is 0 Å². The van der Waals surface area contributed by atoms with Crippen LogP contribution >= 0.6 is 0 Å². The van der Waals surface area contributed by atoms with Gasteiger partial charge in [0.2, 0.25) is 12.2 Å². The summed E-state index contributed by atoms with van der Waals surface area (Å²) >= 11 is 0. The van der Waals surface area contributed by atoms with E-state index < -0.39 is 37.3 Å². The zero-order valence-electron chi connectivity index (χ0n) is 20.8. The molecule has 3 aromatic rings. The van der Waals surface area contributed by atoms with E-state index in [4.69, 9.17) is 19.3 Å². The SMILES string of the molecule is COc1ccc(Cc2c(O[C@@H]3O[C@H](CO)[C@@H](O)[C@H](O)[C@H]3O)nn(C3CCCC3)c2-c2ccccc2)cc1. The Bertz CT molecular complexity index is 1160. The Balaban J connectivity index is 1.59. The molecule has 1 saturated heterocycles. The van der Waals surface area contributed by atoms with Crippen LogP contribution in [0.2, 0.25) is 0 Å². The molecule has 2 aliphatic rings. The fourth-order valence-electron chi connectivity index (χ4n) is 5.24. The van der Waals surface area contributed by atoms with Gasteiger partial charge in [-0.15, -0.1) is 5.10 Å². The minimum Gasteiger partial charge on any atom is -0.497 e. The van der Waals surface area contributed by atoms with E-state index in [1.54, 1.807) is 7.11 Å². The molecule has 1 aliphatic carbocycles. The minimum atomic E-state index is -1.54. The summed E-state index contributed by atoms with van der Waals surface area (Å²) in [7, 11) is 1.63. The number of aliphatic hydroxyl groups excluding tert-OH is 4. The molecule has 2 heterocycles. The molecule has 9 heteroatoms. The lowest BCUT2D eigenvalue weighted by Crippen LogP contribution is -2.60. The first-order chi connectivity index (χ1) is 18.0. The molecule has 0 amide bonds. The molecule has 2 fully saturated rings. The van der Waals surface area contributed by atoms with Crippen molar-refractivity contribution in [2.45, 2.75) is 68.9 Å². The van der Waals surface area contributed by atoms with Gasteiger partial charge in [0.1, 0.15) is 30.2 Å². The molecule has 0 spiro atoms. The standard InChI is InChI=1S/C28H34N2O7/c1-35-20-13-11-17(12-14-20)15-21-23(18-7-3-2-4-8-18)30(19-9-5-6-10-19)29-27(21)37-28-26(34)25(33)24(32)22(16-31)36-28/h2-4,7-8,11-14,19,22,24-26,28,31-34H,5-6,9-10,15-16H2,1H3/t22-,24-,25+,26-,28+/m1/s1. The number of aliphatic hydroxyl groups is 4. The van der Waals surface area contributed by atoms with Crippen LogP contribution in [0.3, 0.4) is 0 Å². The first kappa shape index (κ1) is 25.7. The smallest absolute Gasteiger partial charge is 0.239 e. The van der Waals surface area contributed by atoms with Crippen LogP contribution < -0.4 is 9.47 Å². The Hall–Kier alpha value is -2.95. The fourth-order valence-corrected chi connectivity index (χ4v) is 5.24. The first-order valence-electron chi connectivity index (χ1n) is 12.8. The summed E-state index contributed by atoms with van der Waals surface area (Å²) in [5, 5.41) is 45.6. The molecule has 1 aromatic heterocycles. The third-order valence-corrected chi connectivity index (χ3v) is 7.31. The second kappa shape index (κ2) is 11.2. The average molecular weight is 511 g/mol. The van der Waals surface area contributed by atoms with Crippen molar-refractivity contribution in [3.05, 3.63) is 65.7 Å². The topological polar surface area (TPSA) is 126 Å². The van der Waals surface area contributed by atoms with Gasteiger partial charge in [0.05, 0.1) is 25.5 Å². The van der Waals surface area contributed by atoms with Crippen molar-refractivity contribution in [3.8, 4) is 22.9 Å². The summed E-state index contributed by atoms with van der Waals surface area (Å²) in [6, 6.07) is 18.0. The van der Waals surface area contributed by atoms with Crippen LogP contribution in [0, 0.1) is 0 Å². The van der Waals surface area contributed by atoms with Crippen LogP contribution in [0.5, 0.6) is 11.6 Å². The van der Waals surface area contributed by atoms with Crippen molar-refractivity contribution >= 4 is 0 Å². The highest BCUT2D eigenvalue weighted by Gasteiger charge is 2.45. The largest absolute Gasteiger partial charge is 0.497 e. The number of rotatable bonds is 8. The highest BCUT2D eigenvalue weighted by Crippen LogP contribution is 2.40. The number of hydrogen-bond acceptors (Lipinski definition) is 8. The molecule has 5 rings (SSSR count). The summed E-state index contributed by atoms with van der Waals surface area (Å²) in [6.45, 7) is -0.532. The Labute approximate surface area is 215 Å². The van der Waals surface area contributed by atoms with Crippen molar-refractivity contribution in [3.63, 3.8) is 0 Å². The van der Waals surface area contributed by atoms with E-state index >= 15 is 0 Å². The normalized spacial score (nSPS) is 26.4. The van der Waals surface area contributed by atoms with Crippen LogP contribution in [0.4, 0.5) is 0 Å². The van der Waals surface area contributed by atoms with Crippen molar-refractivity contribution in [1.82, 2.24) is 9.78 Å². The van der Waals surface area contributed by atoms with Crippen molar-refractivity contribution in [2.24, 2.45) is 0 Å². The Morgan fingerprint density at radius 3 is 2.30 bits per heavy atom. The molecule has 1 aliphatic heterocycles. The summed E-state index contributed by atoms with van der Waals surface area (Å²) < 4.78 is 19.1. The van der Waals surface area contributed by atoms with Crippen molar-refractivity contribution < 1.29 is 34.6 Å². The van der Waals surface area contributed by atoms with Gasteiger partial charge >= 0.3 is 0 Å². The lowest BCUT2D eigenvalue weighted by molar-refractivity contribution is -0.278. The number of benzene rings is 2. The number of methoxy groups -OCH3 is 1. The predicted octanol–water partition coefficient (Wildman–Crippen LogP) is 2.44. The van der Waals surface area contributed by atoms with E-state index in [2.05, 4.69) is 0 Å². The highest BCUT2D eigenvalue weighted by atomic mass is 16.7. The van der Waals surface area contributed by atoms with Gasteiger partial charge in [0, 0.05) is 17.5 Å². The maximum atomic E-state index is 10.6. The van der Waals surface area contributed by atoms with Crippen molar-refractivity contribution in [1.29, 1.82) is 0 Å². The molecule has 9 nitrogen and oxygen atoms in total. The van der Waals surface area contributed by atoms with Crippen LogP contribution in [0.1, 0.15) is 42.9 Å². The van der Waals surface area contributed by atoms with E-state index in [-0.39, 0.29) is 11.9 Å². The molecule has 0 unspecified atom stereocenters. The molecule has 2 aromatic carbocycles. The molecule has 198 valence electrons. The summed E-state index contributed by atoms with van der Waals surface area (Å²) in [4.78, 5) is 0. The highest BCUT2D eigenvalue weighted by molar-refractivity contribution is 5.67. The summed E-state index contributed by atoms with van der Waals surface area (Å²) in [5.41, 5.74) is 3.76. The van der Waals surface area contributed by atoms with Gasteiger partial charge in [0.25, 0.3) is 0 Å². The maximum Gasteiger partial charge on any atom is 0.239 e. The number of hydrogen-bond donors (Lipinski definition) is 4. The molecule has 37 heavy (non-hydrogen) atoms. The van der Waals surface area contributed by atoms with Crippen molar-refractivity contribution in [2.75, 3.05) is 13.7 Å². The lowest BCUT2D eigenvalue weighted by Gasteiger charge is -2.39. The Morgan fingerprint density at radius 1 is 0.946 bits per heavy atom. The Kier molecular flexibility index (Phi) is 7.78.